The minimum Gasteiger partial charge on any atom is -0.378 e. The molecular weight excluding hydrogens is 198 g/mol. The van der Waals surface area contributed by atoms with E-state index in [1.807, 2.05) is 0 Å². The summed E-state index contributed by atoms with van der Waals surface area (Å²) in [6, 6.07) is 0. The summed E-state index contributed by atoms with van der Waals surface area (Å²) in [4.78, 5) is 0. The Balaban J connectivity index is 1.94. The molecule has 0 unspecified atom stereocenters. The van der Waals surface area contributed by atoms with Crippen LogP contribution >= 0.6 is 0 Å². The topological polar surface area (TPSA) is 21.3 Å². The first-order valence-electron chi connectivity index (χ1n) is 6.96. The van der Waals surface area contributed by atoms with E-state index in [2.05, 4.69) is 26.1 Å². The number of hydrogen-bond acceptors (Lipinski definition) is 2. The first kappa shape index (κ1) is 14.0. The molecule has 1 rings (SSSR count). The highest BCUT2D eigenvalue weighted by Gasteiger charge is 2.26. The lowest BCUT2D eigenvalue weighted by Crippen LogP contribution is -2.26. The van der Waals surface area contributed by atoms with Crippen LogP contribution < -0.4 is 5.32 Å². The van der Waals surface area contributed by atoms with Crippen molar-refractivity contribution in [3.8, 4) is 0 Å². The van der Waals surface area contributed by atoms with Gasteiger partial charge in [-0.25, -0.2) is 0 Å². The molecule has 0 spiro atoms. The van der Waals surface area contributed by atoms with Crippen LogP contribution in [0.3, 0.4) is 0 Å². The fourth-order valence-electron chi connectivity index (χ4n) is 2.32. The first-order valence-corrected chi connectivity index (χ1v) is 6.96. The van der Waals surface area contributed by atoms with Crippen LogP contribution in [0, 0.1) is 5.41 Å². The molecule has 16 heavy (non-hydrogen) atoms. The van der Waals surface area contributed by atoms with Gasteiger partial charge in [-0.05, 0) is 57.0 Å². The Morgan fingerprint density at radius 3 is 2.50 bits per heavy atom. The van der Waals surface area contributed by atoms with Gasteiger partial charge in [0.2, 0.25) is 0 Å². The van der Waals surface area contributed by atoms with Gasteiger partial charge in [-0.2, -0.15) is 0 Å². The van der Waals surface area contributed by atoms with Gasteiger partial charge in [-0.1, -0.05) is 20.8 Å². The third-order valence-corrected chi connectivity index (χ3v) is 3.64. The number of unbranched alkanes of at least 4 members (excludes halogenated alkanes) is 1. The lowest BCUT2D eigenvalue weighted by molar-refractivity contribution is 0.00293. The quantitative estimate of drug-likeness (QED) is 0.673. The molecule has 0 aliphatic heterocycles. The van der Waals surface area contributed by atoms with Gasteiger partial charge in [-0.15, -0.1) is 0 Å². The molecule has 1 fully saturated rings. The van der Waals surface area contributed by atoms with E-state index >= 15 is 0 Å². The van der Waals surface area contributed by atoms with Crippen LogP contribution in [0.4, 0.5) is 0 Å². The monoisotopic (exact) mass is 227 g/mol. The van der Waals surface area contributed by atoms with Crippen molar-refractivity contribution in [3.63, 3.8) is 0 Å². The maximum absolute atomic E-state index is 5.93. The Labute approximate surface area is 101 Å². The second-order valence-electron chi connectivity index (χ2n) is 5.80. The van der Waals surface area contributed by atoms with Crippen LogP contribution in [0.2, 0.25) is 0 Å². The lowest BCUT2D eigenvalue weighted by Gasteiger charge is -2.34. The van der Waals surface area contributed by atoms with Gasteiger partial charge in [-0.3, -0.25) is 0 Å². The predicted molar refractivity (Wildman–Crippen MR) is 69.8 cm³/mol. The summed E-state index contributed by atoms with van der Waals surface area (Å²) in [7, 11) is 0. The Kier molecular flexibility index (Phi) is 6.37. The minimum atomic E-state index is 0.548. The summed E-state index contributed by atoms with van der Waals surface area (Å²) >= 11 is 0. The SMILES string of the molecule is CCNCCCCOC1CCC(C)(C)CC1. The van der Waals surface area contributed by atoms with Gasteiger partial charge in [0.05, 0.1) is 6.10 Å². The molecule has 1 N–H and O–H groups in total. The zero-order chi connectivity index (χ0) is 11.9. The van der Waals surface area contributed by atoms with Crippen molar-refractivity contribution in [2.45, 2.75) is 65.4 Å². The molecule has 0 aromatic heterocycles. The van der Waals surface area contributed by atoms with E-state index < -0.39 is 0 Å². The molecule has 0 amide bonds. The highest BCUT2D eigenvalue weighted by molar-refractivity contribution is 4.78. The molecule has 1 aliphatic rings. The van der Waals surface area contributed by atoms with Gasteiger partial charge >= 0.3 is 0 Å². The zero-order valence-electron chi connectivity index (χ0n) is 11.3. The van der Waals surface area contributed by atoms with E-state index in [0.717, 1.165) is 19.7 Å². The smallest absolute Gasteiger partial charge is 0.0575 e. The van der Waals surface area contributed by atoms with E-state index in [4.69, 9.17) is 4.74 Å². The van der Waals surface area contributed by atoms with Gasteiger partial charge < -0.3 is 10.1 Å². The minimum absolute atomic E-state index is 0.548. The second-order valence-corrected chi connectivity index (χ2v) is 5.80. The maximum atomic E-state index is 5.93. The summed E-state index contributed by atoms with van der Waals surface area (Å²) in [5, 5.41) is 3.34. The zero-order valence-corrected chi connectivity index (χ0v) is 11.3. The molecular formula is C14H29NO. The van der Waals surface area contributed by atoms with Crippen LogP contribution in [-0.4, -0.2) is 25.8 Å². The fourth-order valence-corrected chi connectivity index (χ4v) is 2.32. The normalized spacial score (nSPS) is 21.2. The summed E-state index contributed by atoms with van der Waals surface area (Å²) in [6.07, 6.45) is 8.18. The van der Waals surface area contributed by atoms with Crippen molar-refractivity contribution in [3.05, 3.63) is 0 Å². The van der Waals surface area contributed by atoms with E-state index in [-0.39, 0.29) is 0 Å². The molecule has 0 heterocycles. The molecule has 2 heteroatoms. The molecule has 2 nitrogen and oxygen atoms in total. The molecule has 96 valence electrons. The van der Waals surface area contributed by atoms with E-state index in [1.54, 1.807) is 0 Å². The van der Waals surface area contributed by atoms with Crippen molar-refractivity contribution >= 4 is 0 Å². The van der Waals surface area contributed by atoms with E-state index in [1.165, 1.54) is 38.5 Å². The molecule has 0 bridgehead atoms. The standard InChI is InChI=1S/C14H29NO/c1-4-15-11-5-6-12-16-13-7-9-14(2,3)10-8-13/h13,15H,4-12H2,1-3H3. The Morgan fingerprint density at radius 1 is 1.19 bits per heavy atom. The highest BCUT2D eigenvalue weighted by atomic mass is 16.5. The summed E-state index contributed by atoms with van der Waals surface area (Å²) in [5.41, 5.74) is 0.560. The van der Waals surface area contributed by atoms with E-state index in [9.17, 15) is 0 Å². The van der Waals surface area contributed by atoms with Crippen molar-refractivity contribution in [1.82, 2.24) is 5.32 Å². The average molecular weight is 227 g/mol. The number of rotatable bonds is 7. The van der Waals surface area contributed by atoms with Gasteiger partial charge in [0, 0.05) is 6.61 Å². The van der Waals surface area contributed by atoms with E-state index in [0.29, 0.717) is 11.5 Å². The Hall–Kier alpha value is -0.0800. The fraction of sp³-hybridized carbons (Fsp3) is 1.00. The van der Waals surface area contributed by atoms with Crippen molar-refractivity contribution in [1.29, 1.82) is 0 Å². The molecule has 0 atom stereocenters. The molecule has 1 saturated carbocycles. The number of hydrogen-bond donors (Lipinski definition) is 1. The average Bonchev–Trinajstić information content (AvgIpc) is 2.25. The summed E-state index contributed by atoms with van der Waals surface area (Å²) < 4.78 is 5.93. The van der Waals surface area contributed by atoms with Crippen molar-refractivity contribution in [2.24, 2.45) is 5.41 Å². The summed E-state index contributed by atoms with van der Waals surface area (Å²) in [6.45, 7) is 10.1. The molecule has 0 radical (unpaired) electrons. The molecule has 0 aromatic carbocycles. The summed E-state index contributed by atoms with van der Waals surface area (Å²) in [5.74, 6) is 0. The van der Waals surface area contributed by atoms with Crippen LogP contribution in [-0.2, 0) is 4.74 Å². The van der Waals surface area contributed by atoms with Crippen LogP contribution in [0.5, 0.6) is 0 Å². The second kappa shape index (κ2) is 7.29. The molecule has 0 aromatic rings. The van der Waals surface area contributed by atoms with Crippen LogP contribution in [0.25, 0.3) is 0 Å². The largest absolute Gasteiger partial charge is 0.378 e. The van der Waals surface area contributed by atoms with Crippen LogP contribution in [0.15, 0.2) is 0 Å². The molecule has 1 aliphatic carbocycles. The van der Waals surface area contributed by atoms with Gasteiger partial charge in [0.1, 0.15) is 0 Å². The third-order valence-electron chi connectivity index (χ3n) is 3.64. The number of nitrogens with one attached hydrogen (secondary N) is 1. The Bertz CT molecular complexity index is 170. The van der Waals surface area contributed by atoms with Gasteiger partial charge in [0.15, 0.2) is 0 Å². The highest BCUT2D eigenvalue weighted by Crippen LogP contribution is 2.36. The van der Waals surface area contributed by atoms with Gasteiger partial charge in [0.25, 0.3) is 0 Å². The first-order chi connectivity index (χ1) is 7.64. The predicted octanol–water partition coefficient (Wildman–Crippen LogP) is 3.36. The molecule has 0 saturated heterocycles. The van der Waals surface area contributed by atoms with Crippen LogP contribution in [0.1, 0.15) is 59.3 Å². The number of ether oxygens (including phenoxy) is 1. The maximum Gasteiger partial charge on any atom is 0.0575 e. The third kappa shape index (κ3) is 5.86. The van der Waals surface area contributed by atoms with Crippen molar-refractivity contribution < 1.29 is 4.74 Å². The van der Waals surface area contributed by atoms with Crippen molar-refractivity contribution in [2.75, 3.05) is 19.7 Å². The Morgan fingerprint density at radius 2 is 1.88 bits per heavy atom. The lowest BCUT2D eigenvalue weighted by atomic mass is 9.76.